The molecule has 0 unspecified atom stereocenters. The molecule has 3 rings (SSSR count). The highest BCUT2D eigenvalue weighted by Gasteiger charge is 2.35. The van der Waals surface area contributed by atoms with Crippen LogP contribution in [0.4, 0.5) is 0 Å². The zero-order chi connectivity index (χ0) is 20.8. The van der Waals surface area contributed by atoms with Gasteiger partial charge >= 0.3 is 0 Å². The van der Waals surface area contributed by atoms with E-state index >= 15 is 0 Å². The van der Waals surface area contributed by atoms with Crippen molar-refractivity contribution in [3.8, 4) is 0 Å². The van der Waals surface area contributed by atoms with Crippen molar-refractivity contribution in [2.75, 3.05) is 26.2 Å². The molecule has 4 amide bonds. The van der Waals surface area contributed by atoms with E-state index in [-0.39, 0.29) is 23.6 Å². The second-order valence-electron chi connectivity index (χ2n) is 7.68. The van der Waals surface area contributed by atoms with Gasteiger partial charge < -0.3 is 10.2 Å². The summed E-state index contributed by atoms with van der Waals surface area (Å²) in [6.07, 6.45) is 6.04. The van der Waals surface area contributed by atoms with E-state index in [0.29, 0.717) is 49.2 Å². The molecule has 2 aliphatic heterocycles. The fourth-order valence-corrected chi connectivity index (χ4v) is 3.80. The second-order valence-corrected chi connectivity index (χ2v) is 7.68. The van der Waals surface area contributed by atoms with Crippen molar-refractivity contribution in [3.63, 3.8) is 0 Å². The van der Waals surface area contributed by atoms with Gasteiger partial charge in [-0.15, -0.1) is 0 Å². The van der Waals surface area contributed by atoms with E-state index < -0.39 is 0 Å². The molecule has 1 aromatic carbocycles. The molecule has 29 heavy (non-hydrogen) atoms. The van der Waals surface area contributed by atoms with Gasteiger partial charge in [0.25, 0.3) is 17.7 Å². The predicted octanol–water partition coefficient (Wildman–Crippen LogP) is 2.61. The quantitative estimate of drug-likeness (QED) is 0.538. The van der Waals surface area contributed by atoms with Gasteiger partial charge in [-0.2, -0.15) is 0 Å². The highest BCUT2D eigenvalue weighted by atomic mass is 16.2. The third-order valence-electron chi connectivity index (χ3n) is 5.53. The van der Waals surface area contributed by atoms with E-state index in [1.807, 2.05) is 11.8 Å². The molecule has 0 bridgehead atoms. The molecule has 156 valence electrons. The Bertz CT molecular complexity index is 805. The van der Waals surface area contributed by atoms with Crippen LogP contribution in [-0.2, 0) is 4.79 Å². The van der Waals surface area contributed by atoms with Crippen LogP contribution in [-0.4, -0.2) is 59.6 Å². The van der Waals surface area contributed by atoms with Crippen LogP contribution < -0.4 is 5.32 Å². The number of nitrogens with zero attached hydrogens (tertiary/aromatic N) is 2. The van der Waals surface area contributed by atoms with E-state index in [1.165, 1.54) is 11.0 Å². The van der Waals surface area contributed by atoms with Crippen molar-refractivity contribution in [3.05, 3.63) is 34.9 Å². The summed E-state index contributed by atoms with van der Waals surface area (Å²) in [4.78, 5) is 52.5. The summed E-state index contributed by atoms with van der Waals surface area (Å²) in [5.41, 5.74) is 1.03. The van der Waals surface area contributed by atoms with E-state index in [1.54, 1.807) is 12.1 Å². The van der Waals surface area contributed by atoms with Gasteiger partial charge in [-0.25, -0.2) is 0 Å². The Morgan fingerprint density at radius 1 is 1.00 bits per heavy atom. The minimum Gasteiger partial charge on any atom is -0.352 e. The summed E-state index contributed by atoms with van der Waals surface area (Å²) >= 11 is 0. The number of carbonyl (C=O) groups excluding carboxylic acids is 4. The summed E-state index contributed by atoms with van der Waals surface area (Å²) in [5, 5.41) is 2.84. The number of fused-ring (bicyclic) bond motifs is 1. The number of hydrogen-bond acceptors (Lipinski definition) is 4. The predicted molar refractivity (Wildman–Crippen MR) is 109 cm³/mol. The molecule has 7 heteroatoms. The zero-order valence-electron chi connectivity index (χ0n) is 17.0. The number of likely N-dealkylation sites (tertiary alicyclic amines) is 1. The van der Waals surface area contributed by atoms with Crippen LogP contribution in [0.15, 0.2) is 18.2 Å². The number of carbonyl (C=O) groups is 4. The largest absolute Gasteiger partial charge is 0.352 e. The SMILES string of the molecule is CCCCN1C(=O)c2ccc(C(=O)NCCCN3CCCCCC3=O)cc2C1=O. The Kier molecular flexibility index (Phi) is 7.01. The lowest BCUT2D eigenvalue weighted by molar-refractivity contribution is -0.130. The first kappa shape index (κ1) is 21.0. The molecule has 1 N–H and O–H groups in total. The molecule has 0 spiro atoms. The Morgan fingerprint density at radius 3 is 2.59 bits per heavy atom. The molecule has 2 aliphatic rings. The number of hydrogen-bond donors (Lipinski definition) is 1. The third kappa shape index (κ3) is 4.83. The van der Waals surface area contributed by atoms with Crippen molar-refractivity contribution in [1.29, 1.82) is 0 Å². The van der Waals surface area contributed by atoms with Crippen LogP contribution in [0.5, 0.6) is 0 Å². The van der Waals surface area contributed by atoms with Gasteiger partial charge in [0.05, 0.1) is 11.1 Å². The number of unbranched alkanes of at least 4 members (excludes halogenated alkanes) is 1. The molecular formula is C22H29N3O4. The Labute approximate surface area is 171 Å². The van der Waals surface area contributed by atoms with Gasteiger partial charge in [0.2, 0.25) is 5.91 Å². The van der Waals surface area contributed by atoms with Crippen LogP contribution >= 0.6 is 0 Å². The smallest absolute Gasteiger partial charge is 0.261 e. The van der Waals surface area contributed by atoms with Crippen LogP contribution in [0.2, 0.25) is 0 Å². The monoisotopic (exact) mass is 399 g/mol. The maximum absolute atomic E-state index is 12.5. The number of rotatable bonds is 8. The average Bonchev–Trinajstić information content (AvgIpc) is 2.85. The lowest BCUT2D eigenvalue weighted by atomic mass is 10.1. The highest BCUT2D eigenvalue weighted by Crippen LogP contribution is 2.24. The third-order valence-corrected chi connectivity index (χ3v) is 5.53. The Morgan fingerprint density at radius 2 is 1.79 bits per heavy atom. The number of benzene rings is 1. The summed E-state index contributed by atoms with van der Waals surface area (Å²) in [6.45, 7) is 4.29. The van der Waals surface area contributed by atoms with Crippen LogP contribution in [0, 0.1) is 0 Å². The summed E-state index contributed by atoms with van der Waals surface area (Å²) in [5.74, 6) is -0.689. The molecule has 0 aromatic heterocycles. The van der Waals surface area contributed by atoms with Crippen molar-refractivity contribution < 1.29 is 19.2 Å². The highest BCUT2D eigenvalue weighted by molar-refractivity contribution is 6.22. The van der Waals surface area contributed by atoms with E-state index in [9.17, 15) is 19.2 Å². The van der Waals surface area contributed by atoms with Crippen LogP contribution in [0.1, 0.15) is 82.9 Å². The van der Waals surface area contributed by atoms with Gasteiger partial charge in [-0.1, -0.05) is 19.8 Å². The Balaban J connectivity index is 1.53. The molecule has 1 fully saturated rings. The first-order chi connectivity index (χ1) is 14.0. The number of nitrogens with one attached hydrogen (secondary N) is 1. The molecule has 0 aliphatic carbocycles. The lowest BCUT2D eigenvalue weighted by Gasteiger charge is -2.20. The summed E-state index contributed by atoms with van der Waals surface area (Å²) in [6, 6.07) is 4.66. The maximum atomic E-state index is 12.5. The van der Waals surface area contributed by atoms with Crippen molar-refractivity contribution in [2.24, 2.45) is 0 Å². The van der Waals surface area contributed by atoms with E-state index in [4.69, 9.17) is 0 Å². The van der Waals surface area contributed by atoms with Crippen LogP contribution in [0.3, 0.4) is 0 Å². The standard InChI is InChI=1S/C22H29N3O4/c1-2-3-14-25-21(28)17-10-9-16(15-18(17)22(25)29)20(27)23-11-7-13-24-12-6-4-5-8-19(24)26/h9-10,15H,2-8,11-14H2,1H3,(H,23,27). The summed E-state index contributed by atoms with van der Waals surface area (Å²) < 4.78 is 0. The second kappa shape index (κ2) is 9.67. The molecular weight excluding hydrogens is 370 g/mol. The molecule has 0 radical (unpaired) electrons. The Hall–Kier alpha value is -2.70. The normalized spacial score (nSPS) is 16.8. The van der Waals surface area contributed by atoms with Crippen molar-refractivity contribution in [2.45, 2.75) is 51.9 Å². The number of amides is 4. The van der Waals surface area contributed by atoms with Crippen molar-refractivity contribution >= 4 is 23.6 Å². The topological polar surface area (TPSA) is 86.8 Å². The molecule has 0 atom stereocenters. The first-order valence-corrected chi connectivity index (χ1v) is 10.6. The minimum absolute atomic E-state index is 0.197. The van der Waals surface area contributed by atoms with Gasteiger partial charge in [-0.3, -0.25) is 24.1 Å². The molecule has 1 aromatic rings. The van der Waals surface area contributed by atoms with Crippen LogP contribution in [0.25, 0.3) is 0 Å². The van der Waals surface area contributed by atoms with Gasteiger partial charge in [0.1, 0.15) is 0 Å². The zero-order valence-corrected chi connectivity index (χ0v) is 17.0. The van der Waals surface area contributed by atoms with Crippen molar-refractivity contribution in [1.82, 2.24) is 15.1 Å². The van der Waals surface area contributed by atoms with Gasteiger partial charge in [-0.05, 0) is 43.9 Å². The lowest BCUT2D eigenvalue weighted by Crippen LogP contribution is -2.34. The first-order valence-electron chi connectivity index (χ1n) is 10.6. The average molecular weight is 399 g/mol. The number of imide groups is 1. The van der Waals surface area contributed by atoms with E-state index in [2.05, 4.69) is 5.32 Å². The maximum Gasteiger partial charge on any atom is 0.261 e. The van der Waals surface area contributed by atoms with Gasteiger partial charge in [0.15, 0.2) is 0 Å². The summed E-state index contributed by atoms with van der Waals surface area (Å²) in [7, 11) is 0. The molecule has 7 nitrogen and oxygen atoms in total. The van der Waals surface area contributed by atoms with E-state index in [0.717, 1.165) is 38.6 Å². The fraction of sp³-hybridized carbons (Fsp3) is 0.545. The minimum atomic E-state index is -0.326. The molecule has 1 saturated heterocycles. The van der Waals surface area contributed by atoms with Gasteiger partial charge in [0, 0.05) is 38.2 Å². The fourth-order valence-electron chi connectivity index (χ4n) is 3.80. The molecule has 2 heterocycles. The molecule has 0 saturated carbocycles.